The maximum Gasteiger partial charge on any atom is 0.292 e. The normalized spacial score (nSPS) is 11.1. The van der Waals surface area contributed by atoms with E-state index in [4.69, 9.17) is 9.47 Å². The molecule has 0 unspecified atom stereocenters. The molecule has 0 aliphatic heterocycles. The van der Waals surface area contributed by atoms with Crippen LogP contribution in [0.3, 0.4) is 0 Å². The summed E-state index contributed by atoms with van der Waals surface area (Å²) in [5.41, 5.74) is 3.08. The fourth-order valence-electron chi connectivity index (χ4n) is 2.99. The third-order valence-corrected chi connectivity index (χ3v) is 5.05. The molecule has 1 N–H and O–H groups in total. The summed E-state index contributed by atoms with van der Waals surface area (Å²) < 4.78 is 13.1. The van der Waals surface area contributed by atoms with Crippen LogP contribution in [0.2, 0.25) is 0 Å². The van der Waals surface area contributed by atoms with E-state index in [1.807, 2.05) is 13.0 Å². The lowest BCUT2D eigenvalue weighted by Gasteiger charge is -2.12. The van der Waals surface area contributed by atoms with Gasteiger partial charge in [-0.25, -0.2) is 10.1 Å². The summed E-state index contributed by atoms with van der Waals surface area (Å²) in [6, 6.07) is 10.5. The molecule has 162 valence electrons. The van der Waals surface area contributed by atoms with E-state index < -0.39 is 5.91 Å². The number of aryl methyl sites for hydroxylation is 1. The van der Waals surface area contributed by atoms with Crippen LogP contribution < -0.4 is 20.5 Å². The number of carbonyl (C=O) groups excluding carboxylic acids is 1. The summed E-state index contributed by atoms with van der Waals surface area (Å²) in [5, 5.41) is 9.16. The van der Waals surface area contributed by atoms with Crippen LogP contribution in [-0.4, -0.2) is 35.6 Å². The SMILES string of the molecule is CCCOc1c(Br)cc(/C=N/NC(=O)c2nn(CC)c(=O)c3ccccc23)cc1OC. The van der Waals surface area contributed by atoms with Crippen molar-refractivity contribution in [1.29, 1.82) is 0 Å². The van der Waals surface area contributed by atoms with Gasteiger partial charge in [0.15, 0.2) is 17.2 Å². The summed E-state index contributed by atoms with van der Waals surface area (Å²) in [7, 11) is 1.56. The zero-order valence-corrected chi connectivity index (χ0v) is 19.1. The standard InChI is InChI=1S/C22H23BrN4O4/c1-4-10-31-20-17(23)11-14(12-18(20)30-3)13-24-25-21(28)19-15-8-6-7-9-16(15)22(29)27(5-2)26-19/h6-9,11-13H,4-5,10H2,1-3H3,(H,25,28)/b24-13+. The van der Waals surface area contributed by atoms with E-state index in [1.165, 1.54) is 10.9 Å². The number of benzene rings is 2. The Morgan fingerprint density at radius 3 is 2.68 bits per heavy atom. The first-order valence-electron chi connectivity index (χ1n) is 9.83. The zero-order chi connectivity index (χ0) is 22.4. The van der Waals surface area contributed by atoms with Crippen LogP contribution in [0, 0.1) is 0 Å². The molecule has 3 aromatic rings. The maximum atomic E-state index is 12.7. The number of fused-ring (bicyclic) bond motifs is 1. The van der Waals surface area contributed by atoms with Crippen LogP contribution >= 0.6 is 15.9 Å². The number of nitrogens with one attached hydrogen (secondary N) is 1. The van der Waals surface area contributed by atoms with Crippen molar-refractivity contribution in [2.75, 3.05) is 13.7 Å². The number of hydrogen-bond acceptors (Lipinski definition) is 6. The lowest BCUT2D eigenvalue weighted by molar-refractivity contribution is 0.0949. The van der Waals surface area contributed by atoms with Crippen molar-refractivity contribution < 1.29 is 14.3 Å². The molecular formula is C22H23BrN4O4. The van der Waals surface area contributed by atoms with Crippen molar-refractivity contribution in [1.82, 2.24) is 15.2 Å². The lowest BCUT2D eigenvalue weighted by Crippen LogP contribution is -2.28. The Balaban J connectivity index is 1.85. The van der Waals surface area contributed by atoms with Gasteiger partial charge in [0, 0.05) is 11.9 Å². The summed E-state index contributed by atoms with van der Waals surface area (Å²) in [4.78, 5) is 25.2. The Labute approximate surface area is 188 Å². The van der Waals surface area contributed by atoms with Crippen molar-refractivity contribution in [3.63, 3.8) is 0 Å². The molecule has 1 heterocycles. The number of ether oxygens (including phenoxy) is 2. The van der Waals surface area contributed by atoms with Crippen molar-refractivity contribution in [3.8, 4) is 11.5 Å². The van der Waals surface area contributed by atoms with E-state index in [0.29, 0.717) is 41.0 Å². The number of methoxy groups -OCH3 is 1. The van der Waals surface area contributed by atoms with E-state index in [9.17, 15) is 9.59 Å². The molecular weight excluding hydrogens is 464 g/mol. The van der Waals surface area contributed by atoms with Crippen LogP contribution in [0.15, 0.2) is 50.8 Å². The molecule has 0 fully saturated rings. The Kier molecular flexibility index (Phi) is 7.41. The van der Waals surface area contributed by atoms with E-state index in [-0.39, 0.29) is 11.3 Å². The molecule has 0 aliphatic carbocycles. The number of hydrazone groups is 1. The maximum absolute atomic E-state index is 12.7. The Hall–Kier alpha value is -3.20. The van der Waals surface area contributed by atoms with E-state index in [2.05, 4.69) is 31.6 Å². The fraction of sp³-hybridized carbons (Fsp3) is 0.273. The molecule has 8 nitrogen and oxygen atoms in total. The van der Waals surface area contributed by atoms with Gasteiger partial charge in [0.25, 0.3) is 11.5 Å². The van der Waals surface area contributed by atoms with Gasteiger partial charge in [0.05, 0.1) is 29.8 Å². The third kappa shape index (κ3) is 4.93. The number of hydrogen-bond donors (Lipinski definition) is 1. The molecule has 31 heavy (non-hydrogen) atoms. The summed E-state index contributed by atoms with van der Waals surface area (Å²) >= 11 is 3.48. The first kappa shape index (κ1) is 22.5. The van der Waals surface area contributed by atoms with Crippen LogP contribution in [0.4, 0.5) is 0 Å². The molecule has 9 heteroatoms. The Morgan fingerprint density at radius 2 is 2.00 bits per heavy atom. The van der Waals surface area contributed by atoms with Gasteiger partial charge in [-0.2, -0.15) is 10.2 Å². The summed E-state index contributed by atoms with van der Waals surface area (Å²) in [6.07, 6.45) is 2.37. The average molecular weight is 487 g/mol. The van der Waals surface area contributed by atoms with Crippen molar-refractivity contribution >= 4 is 38.8 Å². The molecule has 3 rings (SSSR count). The Morgan fingerprint density at radius 1 is 1.26 bits per heavy atom. The van der Waals surface area contributed by atoms with Gasteiger partial charge in [-0.3, -0.25) is 9.59 Å². The predicted molar refractivity (Wildman–Crippen MR) is 123 cm³/mol. The van der Waals surface area contributed by atoms with Gasteiger partial charge in [0.2, 0.25) is 0 Å². The minimum absolute atomic E-state index is 0.135. The smallest absolute Gasteiger partial charge is 0.292 e. The first-order chi connectivity index (χ1) is 15.0. The molecule has 1 aromatic heterocycles. The van der Waals surface area contributed by atoms with Crippen molar-refractivity contribution in [3.05, 3.63) is 62.5 Å². The number of amides is 1. The van der Waals surface area contributed by atoms with Crippen LogP contribution in [0.5, 0.6) is 11.5 Å². The number of nitrogens with zero attached hydrogens (tertiary/aromatic N) is 3. The van der Waals surface area contributed by atoms with Gasteiger partial charge in [-0.05, 0) is 53.0 Å². The average Bonchev–Trinajstić information content (AvgIpc) is 2.78. The highest BCUT2D eigenvalue weighted by Crippen LogP contribution is 2.36. The molecule has 0 aliphatic rings. The van der Waals surface area contributed by atoms with E-state index in [1.54, 1.807) is 44.4 Å². The Bertz CT molecular complexity index is 1190. The number of aromatic nitrogens is 2. The first-order valence-corrected chi connectivity index (χ1v) is 10.6. The van der Waals surface area contributed by atoms with E-state index in [0.717, 1.165) is 10.9 Å². The largest absolute Gasteiger partial charge is 0.493 e. The molecule has 0 saturated heterocycles. The highest BCUT2D eigenvalue weighted by Gasteiger charge is 2.16. The highest BCUT2D eigenvalue weighted by molar-refractivity contribution is 9.10. The lowest BCUT2D eigenvalue weighted by atomic mass is 10.1. The predicted octanol–water partition coefficient (Wildman–Crippen LogP) is 3.74. The topological polar surface area (TPSA) is 94.8 Å². The fourth-order valence-corrected chi connectivity index (χ4v) is 3.57. The van der Waals surface area contributed by atoms with Crippen LogP contribution in [0.25, 0.3) is 10.8 Å². The molecule has 2 aromatic carbocycles. The quantitative estimate of drug-likeness (QED) is 0.386. The molecule has 1 amide bonds. The third-order valence-electron chi connectivity index (χ3n) is 4.46. The number of carbonyl (C=O) groups is 1. The van der Waals surface area contributed by atoms with Crippen LogP contribution in [-0.2, 0) is 6.54 Å². The van der Waals surface area contributed by atoms with Crippen LogP contribution in [0.1, 0.15) is 36.3 Å². The number of rotatable bonds is 8. The van der Waals surface area contributed by atoms with Gasteiger partial charge in [-0.1, -0.05) is 25.1 Å². The van der Waals surface area contributed by atoms with Gasteiger partial charge in [-0.15, -0.1) is 0 Å². The molecule has 0 spiro atoms. The number of halogens is 1. The minimum Gasteiger partial charge on any atom is -0.493 e. The van der Waals surface area contributed by atoms with Crippen molar-refractivity contribution in [2.45, 2.75) is 26.8 Å². The van der Waals surface area contributed by atoms with Crippen molar-refractivity contribution in [2.24, 2.45) is 5.10 Å². The highest BCUT2D eigenvalue weighted by atomic mass is 79.9. The second kappa shape index (κ2) is 10.2. The minimum atomic E-state index is -0.511. The van der Waals surface area contributed by atoms with Gasteiger partial charge >= 0.3 is 0 Å². The molecule has 0 atom stereocenters. The van der Waals surface area contributed by atoms with Gasteiger partial charge < -0.3 is 9.47 Å². The zero-order valence-electron chi connectivity index (χ0n) is 17.5. The molecule has 0 bridgehead atoms. The molecule has 0 saturated carbocycles. The molecule has 0 radical (unpaired) electrons. The summed E-state index contributed by atoms with van der Waals surface area (Å²) in [6.45, 7) is 4.74. The second-order valence-electron chi connectivity index (χ2n) is 6.60. The summed E-state index contributed by atoms with van der Waals surface area (Å²) in [5.74, 6) is 0.657. The van der Waals surface area contributed by atoms with E-state index >= 15 is 0 Å². The second-order valence-corrected chi connectivity index (χ2v) is 7.45. The van der Waals surface area contributed by atoms with Gasteiger partial charge in [0.1, 0.15) is 0 Å². The monoisotopic (exact) mass is 486 g/mol.